The zero-order chi connectivity index (χ0) is 11.7. The molecule has 0 spiro atoms. The topological polar surface area (TPSA) is 29.5 Å². The molecule has 0 saturated carbocycles. The van der Waals surface area contributed by atoms with Crippen LogP contribution in [0.3, 0.4) is 0 Å². The lowest BCUT2D eigenvalue weighted by Gasteiger charge is -2.13. The fourth-order valence-electron chi connectivity index (χ4n) is 2.20. The highest BCUT2D eigenvalue weighted by Crippen LogP contribution is 2.33. The number of benzene rings is 1. The van der Waals surface area contributed by atoms with Crippen LogP contribution < -0.4 is 0 Å². The van der Waals surface area contributed by atoms with Crippen LogP contribution in [-0.4, -0.2) is 24.6 Å². The van der Waals surface area contributed by atoms with E-state index in [9.17, 15) is 4.79 Å². The molecule has 86 valence electrons. The third-order valence-corrected chi connectivity index (χ3v) is 3.33. The third-order valence-electron chi connectivity index (χ3n) is 3.33. The van der Waals surface area contributed by atoms with Gasteiger partial charge in [-0.3, -0.25) is 9.63 Å². The molecule has 1 heterocycles. The van der Waals surface area contributed by atoms with E-state index in [1.807, 2.05) is 6.92 Å². The van der Waals surface area contributed by atoms with Crippen molar-refractivity contribution < 1.29 is 9.63 Å². The van der Waals surface area contributed by atoms with Crippen LogP contribution in [0.5, 0.6) is 0 Å². The van der Waals surface area contributed by atoms with Crippen LogP contribution in [0.25, 0.3) is 0 Å². The minimum absolute atomic E-state index is 0.00246. The van der Waals surface area contributed by atoms with Crippen LogP contribution in [0.2, 0.25) is 0 Å². The van der Waals surface area contributed by atoms with Crippen LogP contribution in [0, 0.1) is 12.8 Å². The molecular formula is C13H17NO2. The van der Waals surface area contributed by atoms with Crippen molar-refractivity contribution in [1.82, 2.24) is 5.06 Å². The quantitative estimate of drug-likeness (QED) is 0.762. The SMILES string of the molecule is CON1C[C@H](c2ccc(C)cc2)[C@@H](C)C1=O. The lowest BCUT2D eigenvalue weighted by atomic mass is 9.90. The Morgan fingerprint density at radius 3 is 2.44 bits per heavy atom. The number of hydrogen-bond donors (Lipinski definition) is 0. The minimum atomic E-state index is 0.00246. The third kappa shape index (κ3) is 1.83. The molecule has 3 heteroatoms. The average Bonchev–Trinajstić information content (AvgIpc) is 2.57. The van der Waals surface area contributed by atoms with Crippen LogP contribution in [0.4, 0.5) is 0 Å². The Bertz CT molecular complexity index is 385. The average molecular weight is 219 g/mol. The molecule has 1 saturated heterocycles. The molecule has 0 N–H and O–H groups in total. The molecule has 0 bridgehead atoms. The molecule has 1 aromatic rings. The number of hydrogen-bond acceptors (Lipinski definition) is 2. The number of aryl methyl sites for hydroxylation is 1. The largest absolute Gasteiger partial charge is 0.274 e. The van der Waals surface area contributed by atoms with Crippen molar-refractivity contribution in [2.45, 2.75) is 19.8 Å². The van der Waals surface area contributed by atoms with Gasteiger partial charge in [0.25, 0.3) is 0 Å². The molecule has 3 nitrogen and oxygen atoms in total. The van der Waals surface area contributed by atoms with Gasteiger partial charge in [0.1, 0.15) is 0 Å². The van der Waals surface area contributed by atoms with Gasteiger partial charge in [0, 0.05) is 11.8 Å². The number of carbonyl (C=O) groups excluding carboxylic acids is 1. The monoisotopic (exact) mass is 219 g/mol. The number of amides is 1. The van der Waals surface area contributed by atoms with Crippen LogP contribution in [0.1, 0.15) is 24.0 Å². The molecule has 0 aliphatic carbocycles. The Morgan fingerprint density at radius 2 is 1.94 bits per heavy atom. The van der Waals surface area contributed by atoms with E-state index in [4.69, 9.17) is 4.84 Å². The van der Waals surface area contributed by atoms with E-state index in [-0.39, 0.29) is 17.7 Å². The summed E-state index contributed by atoms with van der Waals surface area (Å²) in [6.07, 6.45) is 0. The van der Waals surface area contributed by atoms with Crippen molar-refractivity contribution in [3.05, 3.63) is 35.4 Å². The van der Waals surface area contributed by atoms with Crippen molar-refractivity contribution in [3.8, 4) is 0 Å². The van der Waals surface area contributed by atoms with E-state index in [1.165, 1.54) is 16.2 Å². The molecule has 1 aliphatic heterocycles. The Balaban J connectivity index is 2.23. The predicted molar refractivity (Wildman–Crippen MR) is 61.8 cm³/mol. The molecule has 2 rings (SSSR count). The molecule has 16 heavy (non-hydrogen) atoms. The van der Waals surface area contributed by atoms with Gasteiger partial charge in [-0.25, -0.2) is 5.06 Å². The first-order valence-corrected chi connectivity index (χ1v) is 5.55. The van der Waals surface area contributed by atoms with Gasteiger partial charge in [0.05, 0.1) is 13.7 Å². The molecular weight excluding hydrogens is 202 g/mol. The second-order valence-corrected chi connectivity index (χ2v) is 4.39. The van der Waals surface area contributed by atoms with Crippen LogP contribution in [-0.2, 0) is 9.63 Å². The summed E-state index contributed by atoms with van der Waals surface area (Å²) in [6, 6.07) is 8.37. The first-order valence-electron chi connectivity index (χ1n) is 5.55. The van der Waals surface area contributed by atoms with Crippen molar-refractivity contribution in [2.24, 2.45) is 5.92 Å². The summed E-state index contributed by atoms with van der Waals surface area (Å²) in [5.41, 5.74) is 2.45. The van der Waals surface area contributed by atoms with Crippen molar-refractivity contribution in [2.75, 3.05) is 13.7 Å². The molecule has 0 aromatic heterocycles. The van der Waals surface area contributed by atoms with E-state index in [2.05, 4.69) is 31.2 Å². The summed E-state index contributed by atoms with van der Waals surface area (Å²) >= 11 is 0. The molecule has 1 aliphatic rings. The highest BCUT2D eigenvalue weighted by molar-refractivity contribution is 5.81. The van der Waals surface area contributed by atoms with Gasteiger partial charge >= 0.3 is 0 Å². The summed E-state index contributed by atoms with van der Waals surface area (Å²) in [5, 5.41) is 1.45. The number of hydroxylamine groups is 2. The summed E-state index contributed by atoms with van der Waals surface area (Å²) in [7, 11) is 1.54. The standard InChI is InChI=1S/C13H17NO2/c1-9-4-6-11(7-5-9)12-8-14(16-3)13(15)10(12)2/h4-7,10,12H,8H2,1-3H3/t10-,12+/m1/s1. The van der Waals surface area contributed by atoms with Gasteiger partial charge in [-0.05, 0) is 12.5 Å². The van der Waals surface area contributed by atoms with Crippen molar-refractivity contribution in [3.63, 3.8) is 0 Å². The molecule has 0 radical (unpaired) electrons. The molecule has 1 amide bonds. The van der Waals surface area contributed by atoms with Crippen LogP contribution in [0.15, 0.2) is 24.3 Å². The number of rotatable bonds is 2. The van der Waals surface area contributed by atoms with Gasteiger partial charge in [0.15, 0.2) is 0 Å². The number of carbonyl (C=O) groups is 1. The fourth-order valence-corrected chi connectivity index (χ4v) is 2.20. The van der Waals surface area contributed by atoms with E-state index in [0.29, 0.717) is 6.54 Å². The maximum Gasteiger partial charge on any atom is 0.249 e. The molecule has 1 fully saturated rings. The van der Waals surface area contributed by atoms with Crippen LogP contribution >= 0.6 is 0 Å². The molecule has 1 aromatic carbocycles. The fraction of sp³-hybridized carbons (Fsp3) is 0.462. The summed E-state index contributed by atoms with van der Waals surface area (Å²) in [5.74, 6) is 0.323. The lowest BCUT2D eigenvalue weighted by molar-refractivity contribution is -0.169. The van der Waals surface area contributed by atoms with E-state index in [1.54, 1.807) is 7.11 Å². The van der Waals surface area contributed by atoms with Crippen molar-refractivity contribution in [1.29, 1.82) is 0 Å². The summed E-state index contributed by atoms with van der Waals surface area (Å²) < 4.78 is 0. The number of nitrogens with zero attached hydrogens (tertiary/aromatic N) is 1. The van der Waals surface area contributed by atoms with Gasteiger partial charge in [0.2, 0.25) is 5.91 Å². The summed E-state index contributed by atoms with van der Waals surface area (Å²) in [6.45, 7) is 4.68. The van der Waals surface area contributed by atoms with Gasteiger partial charge in [-0.1, -0.05) is 36.8 Å². The Hall–Kier alpha value is -1.35. The Labute approximate surface area is 96.0 Å². The van der Waals surface area contributed by atoms with E-state index in [0.717, 1.165) is 0 Å². The predicted octanol–water partition coefficient (Wildman–Crippen LogP) is 2.12. The molecule has 0 unspecified atom stereocenters. The van der Waals surface area contributed by atoms with E-state index >= 15 is 0 Å². The summed E-state index contributed by atoms with van der Waals surface area (Å²) in [4.78, 5) is 16.8. The second-order valence-electron chi connectivity index (χ2n) is 4.39. The lowest BCUT2D eigenvalue weighted by Crippen LogP contribution is -2.25. The first-order chi connectivity index (χ1) is 7.63. The smallest absolute Gasteiger partial charge is 0.249 e. The Morgan fingerprint density at radius 1 is 1.31 bits per heavy atom. The Kier molecular flexibility index (Phi) is 2.97. The maximum absolute atomic E-state index is 11.8. The van der Waals surface area contributed by atoms with Gasteiger partial charge in [-0.15, -0.1) is 0 Å². The maximum atomic E-state index is 11.8. The first kappa shape index (κ1) is 11.1. The normalized spacial score (nSPS) is 25.2. The highest BCUT2D eigenvalue weighted by atomic mass is 16.7. The second kappa shape index (κ2) is 4.26. The molecule has 2 atom stereocenters. The zero-order valence-electron chi connectivity index (χ0n) is 9.93. The van der Waals surface area contributed by atoms with E-state index < -0.39 is 0 Å². The zero-order valence-corrected chi connectivity index (χ0v) is 9.93. The van der Waals surface area contributed by atoms with Gasteiger partial charge in [-0.2, -0.15) is 0 Å². The minimum Gasteiger partial charge on any atom is -0.274 e. The highest BCUT2D eigenvalue weighted by Gasteiger charge is 2.38. The van der Waals surface area contributed by atoms with Gasteiger partial charge < -0.3 is 0 Å². The van der Waals surface area contributed by atoms with Crippen molar-refractivity contribution >= 4 is 5.91 Å².